The number of carbonyl (C=O) groups excluding carboxylic acids is 1. The van der Waals surface area contributed by atoms with Gasteiger partial charge in [0.15, 0.2) is 0 Å². The van der Waals surface area contributed by atoms with Gasteiger partial charge in [-0.15, -0.1) is 0 Å². The molecule has 0 unspecified atom stereocenters. The molecule has 0 heterocycles. The quantitative estimate of drug-likeness (QED) is 0.452. The van der Waals surface area contributed by atoms with Gasteiger partial charge in [0.25, 0.3) is 0 Å². The Bertz CT molecular complexity index is 527. The van der Waals surface area contributed by atoms with Gasteiger partial charge in [0, 0.05) is 17.6 Å². The number of para-hydroxylation sites is 1. The molecule has 0 aliphatic heterocycles. The number of benzene rings is 1. The summed E-state index contributed by atoms with van der Waals surface area (Å²) in [6.45, 7) is 6.38. The monoisotopic (exact) mass is 371 g/mol. The summed E-state index contributed by atoms with van der Waals surface area (Å²) in [5, 5.41) is 14.8. The van der Waals surface area contributed by atoms with Gasteiger partial charge in [-0.1, -0.05) is 18.2 Å². The number of ether oxygens (including phenoxy) is 1. The Morgan fingerprint density at radius 3 is 2.64 bits per heavy atom. The van der Waals surface area contributed by atoms with Crippen LogP contribution >= 0.6 is 15.9 Å². The second kappa shape index (κ2) is 8.65. The molecular formula is C15H22BrN3O3. The fourth-order valence-corrected chi connectivity index (χ4v) is 2.09. The van der Waals surface area contributed by atoms with Crippen LogP contribution in [0.2, 0.25) is 0 Å². The van der Waals surface area contributed by atoms with E-state index < -0.39 is 11.7 Å². The van der Waals surface area contributed by atoms with Crippen LogP contribution in [0.25, 0.3) is 0 Å². The van der Waals surface area contributed by atoms with Gasteiger partial charge in [0.05, 0.1) is 11.4 Å². The largest absolute Gasteiger partial charge is 0.444 e. The molecule has 6 nitrogen and oxygen atoms in total. The molecule has 122 valence electrons. The number of anilines is 2. The second-order valence-electron chi connectivity index (χ2n) is 5.51. The van der Waals surface area contributed by atoms with Crippen molar-refractivity contribution in [3.63, 3.8) is 0 Å². The summed E-state index contributed by atoms with van der Waals surface area (Å²) in [6, 6.07) is 5.44. The summed E-state index contributed by atoms with van der Waals surface area (Å²) in [7, 11) is 0. The average molecular weight is 372 g/mol. The molecular weight excluding hydrogens is 350 g/mol. The summed E-state index contributed by atoms with van der Waals surface area (Å²) >= 11 is 3.41. The van der Waals surface area contributed by atoms with Crippen molar-refractivity contribution in [3.8, 4) is 0 Å². The topological polar surface area (TPSA) is 82.6 Å². The third kappa shape index (κ3) is 6.82. The van der Waals surface area contributed by atoms with Crippen molar-refractivity contribution in [2.75, 3.05) is 23.9 Å². The molecule has 0 fully saturated rings. The lowest BCUT2D eigenvalue weighted by atomic mass is 10.2. The Kier molecular flexibility index (Phi) is 7.20. The zero-order valence-electron chi connectivity index (χ0n) is 12.9. The van der Waals surface area contributed by atoms with E-state index in [0.29, 0.717) is 18.8 Å². The van der Waals surface area contributed by atoms with Gasteiger partial charge in [-0.25, -0.2) is 4.79 Å². The fraction of sp³-hybridized carbons (Fsp3) is 0.400. The lowest BCUT2D eigenvalue weighted by Gasteiger charge is -2.19. The van der Waals surface area contributed by atoms with Crippen molar-refractivity contribution in [1.82, 2.24) is 5.32 Å². The molecule has 7 heteroatoms. The highest BCUT2D eigenvalue weighted by molar-refractivity contribution is 9.10. The first-order valence-electron chi connectivity index (χ1n) is 6.88. The zero-order valence-corrected chi connectivity index (χ0v) is 14.5. The van der Waals surface area contributed by atoms with Crippen molar-refractivity contribution in [2.24, 2.45) is 0 Å². The highest BCUT2D eigenvalue weighted by atomic mass is 79.9. The maximum atomic E-state index is 11.4. The Hall–Kier alpha value is -1.73. The van der Waals surface area contributed by atoms with Crippen LogP contribution in [0.3, 0.4) is 0 Å². The minimum Gasteiger partial charge on any atom is -0.444 e. The van der Waals surface area contributed by atoms with Crippen molar-refractivity contribution >= 4 is 33.4 Å². The van der Waals surface area contributed by atoms with Gasteiger partial charge in [-0.05, 0) is 48.8 Å². The highest BCUT2D eigenvalue weighted by Gasteiger charge is 2.14. The Morgan fingerprint density at radius 1 is 1.32 bits per heavy atom. The maximum absolute atomic E-state index is 11.4. The first-order valence-corrected chi connectivity index (χ1v) is 7.67. The Morgan fingerprint density at radius 2 is 2.00 bits per heavy atom. The maximum Gasteiger partial charge on any atom is 0.407 e. The predicted octanol–water partition coefficient (Wildman–Crippen LogP) is 3.74. The summed E-state index contributed by atoms with van der Waals surface area (Å²) in [5.74, 6) is 0. The second-order valence-corrected chi connectivity index (χ2v) is 6.36. The lowest BCUT2D eigenvalue weighted by Crippen LogP contribution is -2.32. The first kappa shape index (κ1) is 18.3. The van der Waals surface area contributed by atoms with Gasteiger partial charge in [0.1, 0.15) is 5.60 Å². The van der Waals surface area contributed by atoms with Gasteiger partial charge >= 0.3 is 6.09 Å². The number of amides is 1. The predicted molar refractivity (Wildman–Crippen MR) is 91.4 cm³/mol. The van der Waals surface area contributed by atoms with E-state index >= 15 is 0 Å². The molecule has 0 saturated heterocycles. The number of carbonyl (C=O) groups is 1. The molecule has 0 bridgehead atoms. The summed E-state index contributed by atoms with van der Waals surface area (Å²) < 4.78 is 5.96. The van der Waals surface area contributed by atoms with E-state index in [1.54, 1.807) is 6.07 Å². The van der Waals surface area contributed by atoms with Gasteiger partial charge in [-0.3, -0.25) is 10.7 Å². The molecule has 1 aromatic rings. The highest BCUT2D eigenvalue weighted by Crippen LogP contribution is 2.29. The number of alkyl carbamates (subject to hydrolysis) is 1. The van der Waals surface area contributed by atoms with Crippen LogP contribution < -0.4 is 16.1 Å². The molecule has 4 N–H and O–H groups in total. The molecule has 0 aliphatic carbocycles. The van der Waals surface area contributed by atoms with Crippen LogP contribution in [0, 0.1) is 0 Å². The van der Waals surface area contributed by atoms with Crippen LogP contribution in [0.1, 0.15) is 20.8 Å². The summed E-state index contributed by atoms with van der Waals surface area (Å²) in [5.41, 5.74) is 2.97. The Balaban J connectivity index is 2.35. The molecule has 0 radical (unpaired) electrons. The zero-order chi connectivity index (χ0) is 16.6. The van der Waals surface area contributed by atoms with Crippen LogP contribution in [0.5, 0.6) is 0 Å². The molecule has 0 aliphatic rings. The van der Waals surface area contributed by atoms with E-state index in [9.17, 15) is 4.79 Å². The van der Waals surface area contributed by atoms with Crippen molar-refractivity contribution in [2.45, 2.75) is 26.4 Å². The van der Waals surface area contributed by atoms with Gasteiger partial charge < -0.3 is 15.4 Å². The lowest BCUT2D eigenvalue weighted by molar-refractivity contribution is 0.0534. The van der Waals surface area contributed by atoms with Crippen molar-refractivity contribution in [3.05, 3.63) is 34.8 Å². The van der Waals surface area contributed by atoms with E-state index in [0.717, 1.165) is 10.2 Å². The van der Waals surface area contributed by atoms with Crippen LogP contribution in [0.15, 0.2) is 34.8 Å². The molecule has 0 atom stereocenters. The van der Waals surface area contributed by atoms with Crippen molar-refractivity contribution in [1.29, 1.82) is 0 Å². The molecule has 0 saturated carbocycles. The average Bonchev–Trinajstić information content (AvgIpc) is 2.41. The number of hydrogen-bond acceptors (Lipinski definition) is 5. The number of hydrogen-bond donors (Lipinski definition) is 4. The van der Waals surface area contributed by atoms with E-state index in [-0.39, 0.29) is 0 Å². The number of rotatable bonds is 6. The SMILES string of the molecule is CC(C)(C)OC(=O)NC/C=C/CNc1c(Br)cccc1NO. The Labute approximate surface area is 139 Å². The minimum absolute atomic E-state index is 0.387. The molecule has 22 heavy (non-hydrogen) atoms. The standard InChI is InChI=1S/C15H22BrN3O3/c1-15(2,3)22-14(20)18-10-5-4-9-17-13-11(16)7-6-8-12(13)19-21/h4-8,17,19,21H,9-10H2,1-3H3,(H,18,20)/b5-4+. The molecule has 1 rings (SSSR count). The van der Waals surface area contributed by atoms with Crippen LogP contribution in [0.4, 0.5) is 16.2 Å². The van der Waals surface area contributed by atoms with Crippen LogP contribution in [-0.4, -0.2) is 30.0 Å². The van der Waals surface area contributed by atoms with Crippen LogP contribution in [-0.2, 0) is 4.74 Å². The first-order chi connectivity index (χ1) is 10.3. The summed E-state index contributed by atoms with van der Waals surface area (Å²) in [4.78, 5) is 11.4. The molecule has 0 spiro atoms. The number of nitrogens with one attached hydrogen (secondary N) is 3. The van der Waals surface area contributed by atoms with E-state index in [4.69, 9.17) is 9.94 Å². The van der Waals surface area contributed by atoms with Gasteiger partial charge in [-0.2, -0.15) is 0 Å². The third-order valence-electron chi connectivity index (χ3n) is 2.46. The van der Waals surface area contributed by atoms with Gasteiger partial charge in [0.2, 0.25) is 0 Å². The third-order valence-corrected chi connectivity index (χ3v) is 3.12. The van der Waals surface area contributed by atoms with E-state index in [1.165, 1.54) is 0 Å². The number of halogens is 1. The fourth-order valence-electron chi connectivity index (χ4n) is 1.58. The molecule has 1 aromatic carbocycles. The van der Waals surface area contributed by atoms with E-state index in [2.05, 4.69) is 32.0 Å². The van der Waals surface area contributed by atoms with Crippen molar-refractivity contribution < 1.29 is 14.7 Å². The smallest absolute Gasteiger partial charge is 0.407 e. The summed E-state index contributed by atoms with van der Waals surface area (Å²) in [6.07, 6.45) is 3.25. The minimum atomic E-state index is -0.497. The molecule has 1 amide bonds. The normalized spacial score (nSPS) is 11.3. The molecule has 0 aromatic heterocycles. The van der Waals surface area contributed by atoms with E-state index in [1.807, 2.05) is 45.1 Å².